The molecule has 3 heteroatoms. The number of carbonyl (C=O) groups excluding carboxylic acids is 1. The lowest BCUT2D eigenvalue weighted by molar-refractivity contribution is 0.0221. The van der Waals surface area contributed by atoms with Gasteiger partial charge < -0.3 is 0 Å². The average molecular weight is 461 g/mol. The summed E-state index contributed by atoms with van der Waals surface area (Å²) in [5.74, 6) is -1.10. The molecule has 2 aliphatic carbocycles. The fraction of sp³-hybridized carbons (Fsp3) is 0.767. The Morgan fingerprint density at radius 1 is 0.788 bits per heavy atom. The fourth-order valence-electron chi connectivity index (χ4n) is 6.42. The number of Topliss-reactive ketones (excluding diaryl/α,β-unsaturated/α-hetero) is 1. The third-order valence-corrected chi connectivity index (χ3v) is 8.59. The molecule has 0 aromatic heterocycles. The van der Waals surface area contributed by atoms with Crippen LogP contribution in [-0.2, 0) is 0 Å². The molecule has 0 radical (unpaired) electrons. The highest BCUT2D eigenvalue weighted by Crippen LogP contribution is 2.44. The van der Waals surface area contributed by atoms with E-state index >= 15 is 0 Å². The van der Waals surface area contributed by atoms with Crippen molar-refractivity contribution in [3.63, 3.8) is 0 Å². The lowest BCUT2D eigenvalue weighted by atomic mass is 9.68. The van der Waals surface area contributed by atoms with Gasteiger partial charge in [-0.05, 0) is 67.8 Å². The van der Waals surface area contributed by atoms with E-state index in [2.05, 4.69) is 6.92 Å². The monoisotopic (exact) mass is 460 g/mol. The van der Waals surface area contributed by atoms with E-state index in [0.717, 1.165) is 17.8 Å². The molecule has 0 spiro atoms. The van der Waals surface area contributed by atoms with Gasteiger partial charge in [-0.2, -0.15) is 8.78 Å². The zero-order chi connectivity index (χ0) is 23.7. The summed E-state index contributed by atoms with van der Waals surface area (Å²) in [7, 11) is 0. The minimum atomic E-state index is -3.30. The molecule has 0 atom stereocenters. The molecule has 0 heterocycles. The summed E-state index contributed by atoms with van der Waals surface area (Å²) in [4.78, 5) is 11.8. The fourth-order valence-corrected chi connectivity index (χ4v) is 6.42. The van der Waals surface area contributed by atoms with E-state index in [1.165, 1.54) is 108 Å². The molecule has 1 aromatic carbocycles. The smallest absolute Gasteiger partial charge is 0.287 e. The molecule has 0 amide bonds. The quantitative estimate of drug-likeness (QED) is 0.224. The van der Waals surface area contributed by atoms with Crippen LogP contribution in [0, 0.1) is 17.8 Å². The Hall–Kier alpha value is -1.25. The highest BCUT2D eigenvalue weighted by atomic mass is 19.3. The number of hydrogen-bond donors (Lipinski definition) is 0. The second-order valence-electron chi connectivity index (χ2n) is 11.1. The van der Waals surface area contributed by atoms with Crippen molar-refractivity contribution in [2.24, 2.45) is 17.8 Å². The first-order chi connectivity index (χ1) is 15.9. The van der Waals surface area contributed by atoms with Gasteiger partial charge in [0, 0.05) is 12.5 Å². The molecule has 0 N–H and O–H groups in total. The van der Waals surface area contributed by atoms with Gasteiger partial charge in [0.15, 0.2) is 0 Å². The summed E-state index contributed by atoms with van der Waals surface area (Å²) in [6.45, 7) is 2.96. The number of carbonyl (C=O) groups is 1. The molecule has 1 aromatic rings. The molecule has 2 saturated carbocycles. The number of benzene rings is 1. The van der Waals surface area contributed by atoms with E-state index in [1.54, 1.807) is 12.1 Å². The van der Waals surface area contributed by atoms with Crippen molar-refractivity contribution in [3.05, 3.63) is 35.4 Å². The second-order valence-corrected chi connectivity index (χ2v) is 11.1. The van der Waals surface area contributed by atoms with Crippen molar-refractivity contribution in [1.29, 1.82) is 0 Å². The topological polar surface area (TPSA) is 17.1 Å². The van der Waals surface area contributed by atoms with Crippen molar-refractivity contribution in [1.82, 2.24) is 0 Å². The number of hydrogen-bond acceptors (Lipinski definition) is 1. The van der Waals surface area contributed by atoms with E-state index in [1.807, 2.05) is 12.1 Å². The van der Waals surface area contributed by atoms with Gasteiger partial charge in [-0.3, -0.25) is 4.79 Å². The molecule has 1 nitrogen and oxygen atoms in total. The van der Waals surface area contributed by atoms with Crippen LogP contribution in [0.2, 0.25) is 0 Å². The maximum atomic E-state index is 13.3. The third-order valence-electron chi connectivity index (χ3n) is 8.59. The second kappa shape index (κ2) is 13.0. The first kappa shape index (κ1) is 26.4. The molecule has 186 valence electrons. The maximum absolute atomic E-state index is 13.3. The summed E-state index contributed by atoms with van der Waals surface area (Å²) in [5, 5.41) is 0. The minimum Gasteiger partial charge on any atom is -0.287 e. The highest BCUT2D eigenvalue weighted by molar-refractivity contribution is 6.01. The Bertz CT molecular complexity index is 689. The van der Waals surface area contributed by atoms with E-state index in [4.69, 9.17) is 0 Å². The van der Waals surface area contributed by atoms with E-state index in [9.17, 15) is 13.6 Å². The van der Waals surface area contributed by atoms with Crippen LogP contribution in [-0.4, -0.2) is 11.7 Å². The van der Waals surface area contributed by atoms with Crippen LogP contribution < -0.4 is 0 Å². The molecule has 0 unspecified atom stereocenters. The van der Waals surface area contributed by atoms with Crippen molar-refractivity contribution in [3.8, 4) is 0 Å². The van der Waals surface area contributed by atoms with Crippen LogP contribution in [0.3, 0.4) is 0 Å². The summed E-state index contributed by atoms with van der Waals surface area (Å²) in [6, 6.07) is 6.99. The number of ketones is 1. The lowest BCUT2D eigenvalue weighted by Gasteiger charge is -2.38. The number of rotatable bonds is 12. The number of alkyl halides is 2. The van der Waals surface area contributed by atoms with E-state index in [0.29, 0.717) is 12.8 Å². The summed E-state index contributed by atoms with van der Waals surface area (Å²) in [5.41, 5.74) is 1.33. The molecule has 0 bridgehead atoms. The van der Waals surface area contributed by atoms with Gasteiger partial charge >= 0.3 is 5.92 Å². The van der Waals surface area contributed by atoms with Gasteiger partial charge in [0.05, 0.1) is 0 Å². The Balaban J connectivity index is 1.33. The molecular formula is C30H46F2O. The first-order valence-electron chi connectivity index (χ1n) is 13.9. The molecule has 0 saturated heterocycles. The van der Waals surface area contributed by atoms with Crippen molar-refractivity contribution >= 4 is 5.78 Å². The number of unbranched alkanes of at least 4 members (excludes halogenated alkanes) is 6. The van der Waals surface area contributed by atoms with Crippen molar-refractivity contribution in [2.75, 3.05) is 0 Å². The Kier molecular flexibility index (Phi) is 10.4. The number of halogens is 2. The van der Waals surface area contributed by atoms with Crippen LogP contribution in [0.5, 0.6) is 0 Å². The largest absolute Gasteiger partial charge is 0.307 e. The zero-order valence-electron chi connectivity index (χ0n) is 21.1. The normalized spacial score (nSPS) is 26.3. The van der Waals surface area contributed by atoms with E-state index in [-0.39, 0.29) is 5.56 Å². The van der Waals surface area contributed by atoms with Crippen LogP contribution >= 0.6 is 0 Å². The third kappa shape index (κ3) is 8.18. The molecule has 0 aliphatic heterocycles. The summed E-state index contributed by atoms with van der Waals surface area (Å²) >= 11 is 0. The highest BCUT2D eigenvalue weighted by Gasteiger charge is 2.34. The SMILES string of the molecule is CCCCCCCCCC1CCC(C2CCC(c3ccc(C(=O)C(C)(F)F)cc3)CC2)CC1. The minimum absolute atomic E-state index is 0.119. The maximum Gasteiger partial charge on any atom is 0.307 e. The summed E-state index contributed by atoms with van der Waals surface area (Å²) in [6.07, 6.45) is 22.1. The molecule has 2 fully saturated rings. The van der Waals surface area contributed by atoms with Crippen LogP contribution in [0.15, 0.2) is 24.3 Å². The Morgan fingerprint density at radius 3 is 1.85 bits per heavy atom. The molecular weight excluding hydrogens is 414 g/mol. The first-order valence-corrected chi connectivity index (χ1v) is 13.9. The lowest BCUT2D eigenvalue weighted by Crippen LogP contribution is -2.25. The molecule has 33 heavy (non-hydrogen) atoms. The van der Waals surface area contributed by atoms with Crippen LogP contribution in [0.1, 0.15) is 138 Å². The van der Waals surface area contributed by atoms with Gasteiger partial charge in [0.25, 0.3) is 0 Å². The van der Waals surface area contributed by atoms with Gasteiger partial charge in [-0.1, -0.05) is 95.4 Å². The van der Waals surface area contributed by atoms with Gasteiger partial charge in [-0.15, -0.1) is 0 Å². The van der Waals surface area contributed by atoms with Gasteiger partial charge in [-0.25, -0.2) is 0 Å². The van der Waals surface area contributed by atoms with E-state index < -0.39 is 11.7 Å². The zero-order valence-corrected chi connectivity index (χ0v) is 21.1. The van der Waals surface area contributed by atoms with Crippen LogP contribution in [0.4, 0.5) is 8.78 Å². The Labute approximate surface area is 201 Å². The Morgan fingerprint density at radius 2 is 1.30 bits per heavy atom. The van der Waals surface area contributed by atoms with Crippen LogP contribution in [0.25, 0.3) is 0 Å². The average Bonchev–Trinajstić information content (AvgIpc) is 2.83. The van der Waals surface area contributed by atoms with Gasteiger partial charge in [0.1, 0.15) is 0 Å². The molecule has 3 rings (SSSR count). The van der Waals surface area contributed by atoms with Gasteiger partial charge in [0.2, 0.25) is 5.78 Å². The standard InChI is InChI=1S/C30H46F2O/c1-3-4-5-6-7-8-9-10-23-11-13-24(14-12-23)25-15-17-26(18-16-25)27-19-21-28(22-20-27)29(33)30(2,31)32/h19-26H,3-18H2,1-2H3. The molecule has 2 aliphatic rings. The van der Waals surface area contributed by atoms with Crippen molar-refractivity contribution in [2.45, 2.75) is 128 Å². The van der Waals surface area contributed by atoms with Crippen molar-refractivity contribution < 1.29 is 13.6 Å². The predicted octanol–water partition coefficient (Wildman–Crippen LogP) is 9.75. The predicted molar refractivity (Wildman–Crippen MR) is 134 cm³/mol. The summed E-state index contributed by atoms with van der Waals surface area (Å²) < 4.78 is 26.6.